The monoisotopic (exact) mass is 278 g/mol. The summed E-state index contributed by atoms with van der Waals surface area (Å²) in [4.78, 5) is 27.1. The smallest absolute Gasteiger partial charge is 0.255 e. The highest BCUT2D eigenvalue weighted by Gasteiger charge is 2.41. The number of carbonyl (C=O) groups is 2. The first-order valence-electron chi connectivity index (χ1n) is 6.19. The number of benzene rings is 1. The lowest BCUT2D eigenvalue weighted by Crippen LogP contribution is -2.37. The van der Waals surface area contributed by atoms with Gasteiger partial charge in [-0.3, -0.25) is 14.5 Å². The molecule has 1 aliphatic rings. The van der Waals surface area contributed by atoms with Crippen LogP contribution in [0.5, 0.6) is 11.5 Å². The topological polar surface area (TPSA) is 59.1 Å². The Morgan fingerprint density at radius 3 is 2.20 bits per heavy atom. The fourth-order valence-electron chi connectivity index (χ4n) is 2.49. The number of amides is 2. The number of ether oxygens (including phenoxy) is 2. The number of imide groups is 1. The summed E-state index contributed by atoms with van der Waals surface area (Å²) in [6.07, 6.45) is 0. The summed E-state index contributed by atoms with van der Waals surface area (Å²) in [6.45, 7) is 1.37. The molecular formula is C14H18N2O4. The Kier molecular flexibility index (Phi) is 3.67. The maximum absolute atomic E-state index is 12.4. The van der Waals surface area contributed by atoms with E-state index < -0.39 is 6.04 Å². The molecule has 6 heteroatoms. The van der Waals surface area contributed by atoms with Gasteiger partial charge in [-0.15, -0.1) is 0 Å². The van der Waals surface area contributed by atoms with Gasteiger partial charge in [0.25, 0.3) is 5.91 Å². The van der Waals surface area contributed by atoms with Crippen molar-refractivity contribution in [3.63, 3.8) is 0 Å². The predicted octanol–water partition coefficient (Wildman–Crippen LogP) is 1.20. The Morgan fingerprint density at radius 1 is 1.20 bits per heavy atom. The number of carbonyl (C=O) groups excluding carboxylic acids is 2. The van der Waals surface area contributed by atoms with Gasteiger partial charge in [0.2, 0.25) is 5.91 Å². The van der Waals surface area contributed by atoms with Crippen molar-refractivity contribution < 1.29 is 19.1 Å². The lowest BCUT2D eigenvalue weighted by molar-refractivity contribution is -0.127. The van der Waals surface area contributed by atoms with Crippen LogP contribution in [0.3, 0.4) is 0 Å². The summed E-state index contributed by atoms with van der Waals surface area (Å²) < 4.78 is 10.5. The summed E-state index contributed by atoms with van der Waals surface area (Å²) >= 11 is 0. The van der Waals surface area contributed by atoms with E-state index in [-0.39, 0.29) is 11.8 Å². The molecule has 2 rings (SSSR count). The summed E-state index contributed by atoms with van der Waals surface area (Å²) in [5.74, 6) is 0.460. The van der Waals surface area contributed by atoms with Crippen LogP contribution in [0.4, 0.5) is 5.69 Å². The number of likely N-dealkylation sites (N-methyl/N-ethyl adjacent to an activating group) is 1. The van der Waals surface area contributed by atoms with Gasteiger partial charge in [0.15, 0.2) is 11.5 Å². The molecule has 6 nitrogen and oxygen atoms in total. The first-order valence-corrected chi connectivity index (χ1v) is 6.19. The zero-order valence-corrected chi connectivity index (χ0v) is 12.3. The summed E-state index contributed by atoms with van der Waals surface area (Å²) in [7, 11) is 6.65. The predicted molar refractivity (Wildman–Crippen MR) is 74.1 cm³/mol. The average molecular weight is 278 g/mol. The van der Waals surface area contributed by atoms with E-state index in [1.165, 1.54) is 26.0 Å². The van der Waals surface area contributed by atoms with Crippen molar-refractivity contribution in [2.24, 2.45) is 0 Å². The van der Waals surface area contributed by atoms with Gasteiger partial charge in [-0.1, -0.05) is 0 Å². The van der Waals surface area contributed by atoms with Crippen LogP contribution in [0.25, 0.3) is 0 Å². The number of anilines is 1. The van der Waals surface area contributed by atoms with Crippen LogP contribution in [0.15, 0.2) is 12.1 Å². The molecule has 0 spiro atoms. The number of hydrogen-bond donors (Lipinski definition) is 0. The van der Waals surface area contributed by atoms with Gasteiger partial charge in [-0.25, -0.2) is 4.90 Å². The van der Waals surface area contributed by atoms with Crippen molar-refractivity contribution in [1.29, 1.82) is 0 Å². The zero-order chi connectivity index (χ0) is 15.0. The molecule has 1 unspecified atom stereocenters. The van der Waals surface area contributed by atoms with Crippen molar-refractivity contribution in [3.8, 4) is 11.5 Å². The van der Waals surface area contributed by atoms with E-state index in [1.807, 2.05) is 0 Å². The van der Waals surface area contributed by atoms with E-state index in [0.29, 0.717) is 17.2 Å². The standard InChI is InChI=1S/C14H18N2O4/c1-8(17)16-10-7-12(20-5)11(19-4)6-9(10)13(14(16)18)15(2)3/h6-7,13H,1-5H3. The van der Waals surface area contributed by atoms with Crippen LogP contribution >= 0.6 is 0 Å². The third-order valence-corrected chi connectivity index (χ3v) is 3.35. The van der Waals surface area contributed by atoms with E-state index in [0.717, 1.165) is 5.56 Å². The second-order valence-electron chi connectivity index (χ2n) is 4.82. The fraction of sp³-hybridized carbons (Fsp3) is 0.429. The molecule has 0 aliphatic carbocycles. The Labute approximate surface area is 117 Å². The van der Waals surface area contributed by atoms with Crippen LogP contribution in [0.2, 0.25) is 0 Å². The number of rotatable bonds is 3. The molecule has 0 aromatic heterocycles. The fourth-order valence-corrected chi connectivity index (χ4v) is 2.49. The minimum Gasteiger partial charge on any atom is -0.493 e. The van der Waals surface area contributed by atoms with Gasteiger partial charge in [-0.2, -0.15) is 0 Å². The Hall–Kier alpha value is -2.08. The quantitative estimate of drug-likeness (QED) is 0.831. The number of hydrogen-bond acceptors (Lipinski definition) is 5. The van der Waals surface area contributed by atoms with Crippen LogP contribution < -0.4 is 14.4 Å². The highest BCUT2D eigenvalue weighted by Crippen LogP contribution is 2.44. The van der Waals surface area contributed by atoms with Crippen molar-refractivity contribution in [2.45, 2.75) is 13.0 Å². The summed E-state index contributed by atoms with van der Waals surface area (Å²) in [5, 5.41) is 0. The maximum Gasteiger partial charge on any atom is 0.255 e. The second-order valence-corrected chi connectivity index (χ2v) is 4.82. The highest BCUT2D eigenvalue weighted by atomic mass is 16.5. The molecular weight excluding hydrogens is 260 g/mol. The molecule has 108 valence electrons. The van der Waals surface area contributed by atoms with Crippen molar-refractivity contribution in [2.75, 3.05) is 33.2 Å². The van der Waals surface area contributed by atoms with Crippen LogP contribution in [0, 0.1) is 0 Å². The van der Waals surface area contributed by atoms with Gasteiger partial charge < -0.3 is 9.47 Å². The van der Waals surface area contributed by atoms with Crippen molar-refractivity contribution >= 4 is 17.5 Å². The minimum absolute atomic E-state index is 0.257. The lowest BCUT2D eigenvalue weighted by atomic mass is 10.1. The molecule has 20 heavy (non-hydrogen) atoms. The first-order chi connectivity index (χ1) is 9.42. The zero-order valence-electron chi connectivity index (χ0n) is 12.3. The third-order valence-electron chi connectivity index (χ3n) is 3.35. The van der Waals surface area contributed by atoms with Crippen molar-refractivity contribution in [1.82, 2.24) is 4.90 Å². The van der Waals surface area contributed by atoms with Gasteiger partial charge in [0.05, 0.1) is 19.9 Å². The number of fused-ring (bicyclic) bond motifs is 1. The first kappa shape index (κ1) is 14.3. The Morgan fingerprint density at radius 2 is 1.75 bits per heavy atom. The van der Waals surface area contributed by atoms with Gasteiger partial charge in [-0.05, 0) is 20.2 Å². The minimum atomic E-state index is -0.492. The molecule has 1 aromatic rings. The average Bonchev–Trinajstić information content (AvgIpc) is 2.67. The second kappa shape index (κ2) is 5.13. The SMILES string of the molecule is COc1cc2c(cc1OC)N(C(C)=O)C(=O)C2N(C)C. The maximum atomic E-state index is 12.4. The van der Waals surface area contributed by atoms with E-state index in [1.54, 1.807) is 31.1 Å². The molecule has 0 radical (unpaired) electrons. The molecule has 0 bridgehead atoms. The van der Waals surface area contributed by atoms with Gasteiger partial charge >= 0.3 is 0 Å². The highest BCUT2D eigenvalue weighted by molar-refractivity contribution is 6.20. The molecule has 0 saturated carbocycles. The number of nitrogens with zero attached hydrogens (tertiary/aromatic N) is 2. The van der Waals surface area contributed by atoms with Crippen LogP contribution in [-0.4, -0.2) is 45.0 Å². The number of methoxy groups -OCH3 is 2. The molecule has 1 aliphatic heterocycles. The molecule has 1 atom stereocenters. The summed E-state index contributed by atoms with van der Waals surface area (Å²) in [5.41, 5.74) is 1.30. The Balaban J connectivity index is 2.67. The normalized spacial score (nSPS) is 17.4. The van der Waals surface area contributed by atoms with Crippen molar-refractivity contribution in [3.05, 3.63) is 17.7 Å². The van der Waals surface area contributed by atoms with E-state index in [2.05, 4.69) is 0 Å². The molecule has 2 amide bonds. The van der Waals surface area contributed by atoms with Crippen LogP contribution in [-0.2, 0) is 9.59 Å². The van der Waals surface area contributed by atoms with Gasteiger partial charge in [0.1, 0.15) is 6.04 Å². The summed E-state index contributed by atoms with van der Waals surface area (Å²) in [6, 6.07) is 2.92. The molecule has 1 aromatic carbocycles. The molecule has 0 N–H and O–H groups in total. The lowest BCUT2D eigenvalue weighted by Gasteiger charge is -2.18. The molecule has 0 fully saturated rings. The van der Waals surface area contributed by atoms with E-state index in [4.69, 9.17) is 9.47 Å². The van der Waals surface area contributed by atoms with E-state index in [9.17, 15) is 9.59 Å². The largest absolute Gasteiger partial charge is 0.493 e. The van der Waals surface area contributed by atoms with Gasteiger partial charge in [0, 0.05) is 18.6 Å². The van der Waals surface area contributed by atoms with Crippen LogP contribution in [0.1, 0.15) is 18.5 Å². The van der Waals surface area contributed by atoms with E-state index >= 15 is 0 Å². The Bertz CT molecular complexity index is 569. The molecule has 0 saturated heterocycles. The molecule has 1 heterocycles. The third kappa shape index (κ3) is 2.02.